The van der Waals surface area contributed by atoms with Crippen LogP contribution in [0.25, 0.3) is 11.0 Å². The van der Waals surface area contributed by atoms with Gasteiger partial charge in [-0.05, 0) is 18.4 Å². The Balaban J connectivity index is 1.92. The van der Waals surface area contributed by atoms with Gasteiger partial charge in [0.2, 0.25) is 6.29 Å². The predicted octanol–water partition coefficient (Wildman–Crippen LogP) is 2.15. The summed E-state index contributed by atoms with van der Waals surface area (Å²) in [6, 6.07) is 1.81. The van der Waals surface area contributed by atoms with Crippen molar-refractivity contribution in [2.24, 2.45) is 0 Å². The largest absolute Gasteiger partial charge is 0.496 e. The lowest BCUT2D eigenvalue weighted by Crippen LogP contribution is -2.14. The smallest absolute Gasteiger partial charge is 0.347 e. The van der Waals surface area contributed by atoms with Gasteiger partial charge in [0.15, 0.2) is 5.78 Å². The fourth-order valence-corrected chi connectivity index (χ4v) is 4.00. The number of hydrogen-bond acceptors (Lipinski definition) is 6. The Morgan fingerprint density at radius 3 is 2.96 bits per heavy atom. The molecule has 3 aliphatic rings. The van der Waals surface area contributed by atoms with Gasteiger partial charge in [0.1, 0.15) is 22.6 Å². The molecule has 1 aromatic carbocycles. The highest BCUT2D eigenvalue weighted by Crippen LogP contribution is 2.51. The number of carbonyl (C=O) groups is 1. The Hall–Kier alpha value is -2.34. The molecular formula is C17H14O6. The van der Waals surface area contributed by atoms with Crippen molar-refractivity contribution >= 4 is 16.8 Å². The average molecular weight is 314 g/mol. The van der Waals surface area contributed by atoms with Crippen molar-refractivity contribution in [3.63, 3.8) is 0 Å². The van der Waals surface area contributed by atoms with E-state index in [4.69, 9.17) is 18.6 Å². The third kappa shape index (κ3) is 1.56. The zero-order valence-corrected chi connectivity index (χ0v) is 12.5. The highest BCUT2D eigenvalue weighted by molar-refractivity contribution is 6.06. The maximum atomic E-state index is 12.3. The Kier molecular flexibility index (Phi) is 2.48. The number of aryl methyl sites for hydroxylation is 1. The number of fused-ring (bicyclic) bond motifs is 7. The van der Waals surface area contributed by atoms with E-state index in [1.165, 1.54) is 0 Å². The highest BCUT2D eigenvalue weighted by Gasteiger charge is 2.43. The molecule has 0 saturated carbocycles. The lowest BCUT2D eigenvalue weighted by atomic mass is 9.94. The molecule has 0 radical (unpaired) electrons. The maximum absolute atomic E-state index is 12.3. The molecule has 6 heteroatoms. The van der Waals surface area contributed by atoms with E-state index in [1.807, 2.05) is 6.07 Å². The number of ether oxygens (including phenoxy) is 3. The Morgan fingerprint density at radius 1 is 1.26 bits per heavy atom. The first kappa shape index (κ1) is 13.1. The SMILES string of the molecule is COc1cc2c(c3oc(=O)c4c(c13)CCC4=O)C1CCOC1O2. The average Bonchev–Trinajstić information content (AvgIpc) is 3.20. The molecule has 0 spiro atoms. The standard InChI is InChI=1S/C17H14O6/c1-20-10-6-11-14(8-4-5-21-17(8)22-11)15-13(10)7-2-3-9(18)12(7)16(19)23-15/h6,8,17H,2-5H2,1H3. The normalized spacial score (nSPS) is 24.5. The molecule has 2 atom stereocenters. The summed E-state index contributed by atoms with van der Waals surface area (Å²) >= 11 is 0. The number of methoxy groups -OCH3 is 1. The van der Waals surface area contributed by atoms with Crippen LogP contribution in [0.15, 0.2) is 15.3 Å². The molecule has 0 amide bonds. The minimum absolute atomic E-state index is 0.0525. The molecule has 1 aliphatic carbocycles. The van der Waals surface area contributed by atoms with Gasteiger partial charge in [-0.25, -0.2) is 4.79 Å². The molecule has 5 rings (SSSR count). The summed E-state index contributed by atoms with van der Waals surface area (Å²) in [5.74, 6) is 1.10. The van der Waals surface area contributed by atoms with E-state index in [0.29, 0.717) is 36.5 Å². The molecule has 1 saturated heterocycles. The van der Waals surface area contributed by atoms with Gasteiger partial charge >= 0.3 is 5.63 Å². The quantitative estimate of drug-likeness (QED) is 0.751. The van der Waals surface area contributed by atoms with E-state index in [-0.39, 0.29) is 23.6 Å². The van der Waals surface area contributed by atoms with Crippen molar-refractivity contribution in [2.45, 2.75) is 31.5 Å². The van der Waals surface area contributed by atoms with Crippen LogP contribution in [0.1, 0.15) is 40.2 Å². The van der Waals surface area contributed by atoms with Gasteiger partial charge < -0.3 is 18.6 Å². The monoisotopic (exact) mass is 314 g/mol. The fourth-order valence-electron chi connectivity index (χ4n) is 4.00. The van der Waals surface area contributed by atoms with E-state index in [1.54, 1.807) is 7.11 Å². The molecule has 2 aromatic rings. The van der Waals surface area contributed by atoms with E-state index >= 15 is 0 Å². The minimum Gasteiger partial charge on any atom is -0.496 e. The lowest BCUT2D eigenvalue weighted by Gasteiger charge is -2.13. The summed E-state index contributed by atoms with van der Waals surface area (Å²) in [4.78, 5) is 24.3. The first-order chi connectivity index (χ1) is 11.2. The van der Waals surface area contributed by atoms with Crippen LogP contribution in [-0.2, 0) is 11.2 Å². The molecule has 0 bridgehead atoms. The third-order valence-corrected chi connectivity index (χ3v) is 5.00. The fraction of sp³-hybridized carbons (Fsp3) is 0.412. The number of Topliss-reactive ketones (excluding diaryl/α,β-unsaturated/α-hetero) is 1. The minimum atomic E-state index is -0.562. The van der Waals surface area contributed by atoms with Crippen LogP contribution < -0.4 is 15.1 Å². The molecule has 0 N–H and O–H groups in total. The second-order valence-electron chi connectivity index (χ2n) is 6.11. The van der Waals surface area contributed by atoms with Gasteiger partial charge in [-0.1, -0.05) is 0 Å². The first-order valence-corrected chi connectivity index (χ1v) is 7.71. The molecule has 2 unspecified atom stereocenters. The summed E-state index contributed by atoms with van der Waals surface area (Å²) in [7, 11) is 1.56. The number of ketones is 1. The van der Waals surface area contributed by atoms with Crippen LogP contribution in [0.2, 0.25) is 0 Å². The summed E-state index contributed by atoms with van der Waals surface area (Å²) in [6.07, 6.45) is 1.36. The van der Waals surface area contributed by atoms with Crippen molar-refractivity contribution in [3.8, 4) is 11.5 Å². The number of benzene rings is 1. The van der Waals surface area contributed by atoms with Crippen LogP contribution >= 0.6 is 0 Å². The molecular weight excluding hydrogens is 300 g/mol. The summed E-state index contributed by atoms with van der Waals surface area (Å²) in [6.45, 7) is 0.621. The van der Waals surface area contributed by atoms with E-state index in [2.05, 4.69) is 0 Å². The number of hydrogen-bond donors (Lipinski definition) is 0. The van der Waals surface area contributed by atoms with Gasteiger partial charge in [0.25, 0.3) is 0 Å². The van der Waals surface area contributed by atoms with Gasteiger partial charge in [0.05, 0.1) is 25.0 Å². The molecule has 6 nitrogen and oxygen atoms in total. The van der Waals surface area contributed by atoms with E-state index in [9.17, 15) is 9.59 Å². The second-order valence-corrected chi connectivity index (χ2v) is 6.11. The van der Waals surface area contributed by atoms with Crippen molar-refractivity contribution in [3.05, 3.63) is 33.2 Å². The van der Waals surface area contributed by atoms with Gasteiger partial charge in [-0.2, -0.15) is 0 Å². The van der Waals surface area contributed by atoms with Crippen LogP contribution in [0.3, 0.4) is 0 Å². The topological polar surface area (TPSA) is 75.0 Å². The lowest BCUT2D eigenvalue weighted by molar-refractivity contribution is -0.0337. The second kappa shape index (κ2) is 4.35. The Bertz CT molecular complexity index is 925. The van der Waals surface area contributed by atoms with Gasteiger partial charge in [-0.3, -0.25) is 4.79 Å². The molecule has 2 aliphatic heterocycles. The molecule has 1 aromatic heterocycles. The van der Waals surface area contributed by atoms with Crippen LogP contribution in [0.5, 0.6) is 11.5 Å². The Morgan fingerprint density at radius 2 is 2.13 bits per heavy atom. The van der Waals surface area contributed by atoms with E-state index < -0.39 is 5.63 Å². The highest BCUT2D eigenvalue weighted by atomic mass is 16.7. The first-order valence-electron chi connectivity index (χ1n) is 7.71. The zero-order chi connectivity index (χ0) is 15.7. The summed E-state index contributed by atoms with van der Waals surface area (Å²) in [5, 5.41) is 0.725. The van der Waals surface area contributed by atoms with Crippen molar-refractivity contribution in [1.82, 2.24) is 0 Å². The maximum Gasteiger partial charge on any atom is 0.347 e. The predicted molar refractivity (Wildman–Crippen MR) is 79.4 cm³/mol. The van der Waals surface area contributed by atoms with Crippen LogP contribution in [0.4, 0.5) is 0 Å². The Labute approximate surface area is 130 Å². The van der Waals surface area contributed by atoms with Gasteiger partial charge in [-0.15, -0.1) is 0 Å². The molecule has 23 heavy (non-hydrogen) atoms. The summed E-state index contributed by atoms with van der Waals surface area (Å²) in [5.41, 5.74) is 1.70. The van der Waals surface area contributed by atoms with Gasteiger partial charge in [0, 0.05) is 18.1 Å². The van der Waals surface area contributed by atoms with Crippen LogP contribution in [0, 0.1) is 0 Å². The third-order valence-electron chi connectivity index (χ3n) is 5.00. The molecule has 1 fully saturated rings. The van der Waals surface area contributed by atoms with Crippen molar-refractivity contribution < 1.29 is 23.4 Å². The van der Waals surface area contributed by atoms with E-state index in [0.717, 1.165) is 22.9 Å². The summed E-state index contributed by atoms with van der Waals surface area (Å²) < 4.78 is 22.5. The van der Waals surface area contributed by atoms with Crippen molar-refractivity contribution in [2.75, 3.05) is 13.7 Å². The number of carbonyl (C=O) groups excluding carboxylic acids is 1. The molecule has 118 valence electrons. The molecule has 3 heterocycles. The van der Waals surface area contributed by atoms with Crippen molar-refractivity contribution in [1.29, 1.82) is 0 Å². The van der Waals surface area contributed by atoms with Crippen LogP contribution in [-0.4, -0.2) is 25.8 Å². The zero-order valence-electron chi connectivity index (χ0n) is 12.5. The number of rotatable bonds is 1.